The first-order chi connectivity index (χ1) is 13.9. The number of fused-ring (bicyclic) bond motifs is 21. The van der Waals surface area contributed by atoms with Crippen molar-refractivity contribution in [3.8, 4) is 0 Å². The van der Waals surface area contributed by atoms with E-state index in [4.69, 9.17) is 28.4 Å². The molecule has 0 aromatic carbocycles. The quantitative estimate of drug-likeness (QED) is 0.497. The molecule has 0 spiro atoms. The molecule has 3 rings (SSSR count). The van der Waals surface area contributed by atoms with Crippen molar-refractivity contribution < 1.29 is 66.2 Å². The molecule has 9 nitrogen and oxygen atoms in total. The van der Waals surface area contributed by atoms with Gasteiger partial charge in [0.05, 0.1) is 79.3 Å². The van der Waals surface area contributed by atoms with Gasteiger partial charge in [0, 0.05) is 39.3 Å². The third-order valence-electron chi connectivity index (χ3n) is 4.77. The van der Waals surface area contributed by atoms with Gasteiger partial charge in [-0.1, -0.05) is 0 Å². The van der Waals surface area contributed by atoms with Gasteiger partial charge in [-0.15, -0.1) is 0 Å². The normalized spacial score (nSPS) is 30.7. The maximum absolute atomic E-state index is 9.53. The molecule has 0 saturated carbocycles. The molecule has 1 atom stereocenters. The third kappa shape index (κ3) is 14.4. The van der Waals surface area contributed by atoms with Crippen molar-refractivity contribution in [3.63, 3.8) is 0 Å². The van der Waals surface area contributed by atoms with Crippen molar-refractivity contribution >= 4 is 0 Å². The number of aliphatic hydroxyl groups excluding tert-OH is 1. The molecule has 3 aliphatic heterocycles. The van der Waals surface area contributed by atoms with E-state index in [1.165, 1.54) is 0 Å². The van der Waals surface area contributed by atoms with E-state index in [2.05, 4.69) is 9.80 Å². The zero-order valence-corrected chi connectivity index (χ0v) is 20.5. The van der Waals surface area contributed by atoms with Crippen LogP contribution in [-0.2, 0) is 61.1 Å². The van der Waals surface area contributed by atoms with E-state index in [9.17, 15) is 5.11 Å². The fourth-order valence-electron chi connectivity index (χ4n) is 3.00. The fraction of sp³-hybridized carbons (Fsp3) is 1.00. The zero-order chi connectivity index (χ0) is 19.7. The van der Waals surface area contributed by atoms with Crippen LogP contribution in [0, 0.1) is 0 Å². The summed E-state index contributed by atoms with van der Waals surface area (Å²) >= 11 is 0. The molecular formula is C19H38N2O7Y+3. The number of ether oxygens (including phenoxy) is 6. The topological polar surface area (TPSA) is 82.1 Å². The van der Waals surface area contributed by atoms with Crippen molar-refractivity contribution in [2.75, 3.05) is 119 Å². The van der Waals surface area contributed by atoms with E-state index < -0.39 is 0 Å². The van der Waals surface area contributed by atoms with Crippen LogP contribution in [0.5, 0.6) is 0 Å². The molecule has 0 amide bonds. The van der Waals surface area contributed by atoms with E-state index in [0.717, 1.165) is 39.3 Å². The first-order valence-electron chi connectivity index (χ1n) is 10.4. The molecule has 29 heavy (non-hydrogen) atoms. The summed E-state index contributed by atoms with van der Waals surface area (Å²) in [5.74, 6) is 0. The summed E-state index contributed by atoms with van der Waals surface area (Å²) in [6, 6.07) is 0. The Labute approximate surface area is 200 Å². The minimum Gasteiger partial charge on any atom is -0.394 e. The molecule has 10 heteroatoms. The van der Waals surface area contributed by atoms with Gasteiger partial charge < -0.3 is 33.5 Å². The van der Waals surface area contributed by atoms with Gasteiger partial charge in [-0.05, 0) is 0 Å². The first-order valence-corrected chi connectivity index (χ1v) is 10.4. The van der Waals surface area contributed by atoms with Crippen molar-refractivity contribution in [1.29, 1.82) is 0 Å². The number of hydrogen-bond donors (Lipinski definition) is 1. The Hall–Kier alpha value is 0.744. The summed E-state index contributed by atoms with van der Waals surface area (Å²) in [5, 5.41) is 9.53. The number of rotatable bonds is 1. The van der Waals surface area contributed by atoms with Crippen LogP contribution in [-0.4, -0.2) is 140 Å². The summed E-state index contributed by atoms with van der Waals surface area (Å²) in [6.07, 6.45) is -0.299. The number of nitrogens with zero attached hydrogens (tertiary/aromatic N) is 2. The van der Waals surface area contributed by atoms with Gasteiger partial charge in [-0.3, -0.25) is 9.80 Å². The fourth-order valence-corrected chi connectivity index (χ4v) is 3.00. The van der Waals surface area contributed by atoms with Gasteiger partial charge in [0.15, 0.2) is 0 Å². The summed E-state index contributed by atoms with van der Waals surface area (Å²) < 4.78 is 34.4. The summed E-state index contributed by atoms with van der Waals surface area (Å²) in [5.41, 5.74) is 0. The second-order valence-electron chi connectivity index (χ2n) is 6.88. The number of aliphatic hydroxyl groups is 1. The van der Waals surface area contributed by atoms with Crippen molar-refractivity contribution in [1.82, 2.24) is 9.80 Å². The molecule has 0 aromatic rings. The second-order valence-corrected chi connectivity index (χ2v) is 6.88. The van der Waals surface area contributed by atoms with Crippen LogP contribution in [0.2, 0.25) is 0 Å². The molecule has 0 radical (unpaired) electrons. The third-order valence-corrected chi connectivity index (χ3v) is 4.77. The minimum atomic E-state index is -0.299. The predicted octanol–water partition coefficient (Wildman–Crippen LogP) is -0.924. The van der Waals surface area contributed by atoms with E-state index in [-0.39, 0.29) is 45.4 Å². The molecule has 0 aromatic heterocycles. The molecule has 1 unspecified atom stereocenters. The van der Waals surface area contributed by atoms with Crippen LogP contribution in [0.3, 0.4) is 0 Å². The predicted molar refractivity (Wildman–Crippen MR) is 104 cm³/mol. The molecular weight excluding hydrogens is 457 g/mol. The summed E-state index contributed by atoms with van der Waals surface area (Å²) in [7, 11) is 0. The molecule has 3 saturated heterocycles. The van der Waals surface area contributed by atoms with Crippen molar-refractivity contribution in [2.45, 2.75) is 6.10 Å². The molecule has 3 fully saturated rings. The zero-order valence-electron chi connectivity index (χ0n) is 17.7. The molecule has 166 valence electrons. The van der Waals surface area contributed by atoms with Crippen LogP contribution in [0.15, 0.2) is 0 Å². The van der Waals surface area contributed by atoms with Gasteiger partial charge in [0.25, 0.3) is 0 Å². The molecule has 3 heterocycles. The smallest absolute Gasteiger partial charge is 0.394 e. The Morgan fingerprint density at radius 2 is 0.931 bits per heavy atom. The van der Waals surface area contributed by atoms with Crippen LogP contribution in [0.25, 0.3) is 0 Å². The average Bonchev–Trinajstić information content (AvgIpc) is 2.70. The van der Waals surface area contributed by atoms with Gasteiger partial charge in [0.1, 0.15) is 6.10 Å². The van der Waals surface area contributed by atoms with E-state index in [0.29, 0.717) is 72.7 Å². The largest absolute Gasteiger partial charge is 3.00 e. The Kier molecular flexibility index (Phi) is 18.6. The first kappa shape index (κ1) is 27.8. The standard InChI is InChI=1S/C19H38N2O7.Y/c22-17-19-18-27-11-5-20-1-7-23-13-15-25-9-3-21(6-12-28-19)4-10-26-16-14-24-8-2-20;/h19,22H,1-18H2;/q;+3. The van der Waals surface area contributed by atoms with E-state index >= 15 is 0 Å². The maximum Gasteiger partial charge on any atom is 3.00 e. The van der Waals surface area contributed by atoms with Crippen LogP contribution < -0.4 is 0 Å². The van der Waals surface area contributed by atoms with Gasteiger partial charge in [-0.25, -0.2) is 0 Å². The average molecular weight is 495 g/mol. The Bertz CT molecular complexity index is 351. The van der Waals surface area contributed by atoms with Gasteiger partial charge in [-0.2, -0.15) is 0 Å². The van der Waals surface area contributed by atoms with Gasteiger partial charge >= 0.3 is 32.7 Å². The van der Waals surface area contributed by atoms with Crippen molar-refractivity contribution in [3.05, 3.63) is 0 Å². The van der Waals surface area contributed by atoms with Crippen LogP contribution >= 0.6 is 0 Å². The van der Waals surface area contributed by atoms with E-state index in [1.807, 2.05) is 0 Å². The maximum atomic E-state index is 9.53. The Morgan fingerprint density at radius 3 is 1.34 bits per heavy atom. The Morgan fingerprint density at radius 1 is 0.552 bits per heavy atom. The van der Waals surface area contributed by atoms with Crippen LogP contribution in [0.1, 0.15) is 0 Å². The minimum absolute atomic E-state index is 0. The molecule has 0 aliphatic carbocycles. The summed E-state index contributed by atoms with van der Waals surface area (Å²) in [4.78, 5) is 4.52. The van der Waals surface area contributed by atoms with Crippen molar-refractivity contribution in [2.24, 2.45) is 0 Å². The van der Waals surface area contributed by atoms with E-state index in [1.54, 1.807) is 0 Å². The number of hydrogen-bond acceptors (Lipinski definition) is 9. The summed E-state index contributed by atoms with van der Waals surface area (Å²) in [6.45, 7) is 11.2. The second kappa shape index (κ2) is 19.4. The van der Waals surface area contributed by atoms with Gasteiger partial charge in [0.2, 0.25) is 0 Å². The molecule has 1 N–H and O–H groups in total. The molecule has 3 aliphatic rings. The van der Waals surface area contributed by atoms with Crippen LogP contribution in [0.4, 0.5) is 0 Å². The SMILES string of the molecule is OCC1COCCN2CCOCCOCCN(CCOCCOCC2)CCO1.[Y+3]. The molecule has 2 bridgehead atoms. The Balaban J connectivity index is 0.00000420. The monoisotopic (exact) mass is 495 g/mol.